The molecule has 0 spiro atoms. The van der Waals surface area contributed by atoms with Gasteiger partial charge in [0.25, 0.3) is 0 Å². The molecule has 3 rings (SSSR count). The fourth-order valence-electron chi connectivity index (χ4n) is 3.20. The molecule has 0 aliphatic carbocycles. The lowest BCUT2D eigenvalue weighted by molar-refractivity contribution is 0.214. The average molecular weight is 285 g/mol. The SMILES string of the molecule is Cc1cc(C)c(C(O)c2ccc3c(c2)CCN3C)c(F)c1. The van der Waals surface area contributed by atoms with Crippen LogP contribution in [0.15, 0.2) is 30.3 Å². The molecule has 3 heteroatoms. The minimum absolute atomic E-state index is 0.336. The van der Waals surface area contributed by atoms with E-state index in [9.17, 15) is 9.50 Å². The number of aryl methyl sites for hydroxylation is 2. The van der Waals surface area contributed by atoms with Crippen LogP contribution in [0.4, 0.5) is 10.1 Å². The van der Waals surface area contributed by atoms with E-state index >= 15 is 0 Å². The van der Waals surface area contributed by atoms with Gasteiger partial charge in [0.15, 0.2) is 0 Å². The van der Waals surface area contributed by atoms with E-state index in [-0.39, 0.29) is 5.82 Å². The van der Waals surface area contributed by atoms with Crippen molar-refractivity contribution in [2.45, 2.75) is 26.4 Å². The number of anilines is 1. The Balaban J connectivity index is 2.02. The molecular weight excluding hydrogens is 265 g/mol. The highest BCUT2D eigenvalue weighted by atomic mass is 19.1. The monoisotopic (exact) mass is 285 g/mol. The number of nitrogens with zero attached hydrogens (tertiary/aromatic N) is 1. The summed E-state index contributed by atoms with van der Waals surface area (Å²) in [4.78, 5) is 2.20. The Hall–Kier alpha value is -1.87. The Bertz CT molecular complexity index is 673. The molecule has 1 atom stereocenters. The second kappa shape index (κ2) is 5.15. The van der Waals surface area contributed by atoms with Crippen molar-refractivity contribution in [3.63, 3.8) is 0 Å². The van der Waals surface area contributed by atoms with Gasteiger partial charge in [0.05, 0.1) is 0 Å². The molecule has 1 N–H and O–H groups in total. The zero-order chi connectivity index (χ0) is 15.1. The molecule has 0 fully saturated rings. The third-order valence-electron chi connectivity index (χ3n) is 4.30. The lowest BCUT2D eigenvalue weighted by Gasteiger charge is -2.18. The lowest BCUT2D eigenvalue weighted by atomic mass is 9.94. The maximum Gasteiger partial charge on any atom is 0.129 e. The van der Waals surface area contributed by atoms with Gasteiger partial charge in [0.2, 0.25) is 0 Å². The Morgan fingerprint density at radius 1 is 1.19 bits per heavy atom. The summed E-state index contributed by atoms with van der Waals surface area (Å²) in [5.41, 5.74) is 5.22. The highest BCUT2D eigenvalue weighted by molar-refractivity contribution is 5.59. The van der Waals surface area contributed by atoms with Crippen LogP contribution < -0.4 is 4.90 Å². The second-order valence-electron chi connectivity index (χ2n) is 5.94. The van der Waals surface area contributed by atoms with Gasteiger partial charge in [0.1, 0.15) is 11.9 Å². The fraction of sp³-hybridized carbons (Fsp3) is 0.333. The van der Waals surface area contributed by atoms with Crippen molar-refractivity contribution in [1.29, 1.82) is 0 Å². The second-order valence-corrected chi connectivity index (χ2v) is 5.94. The van der Waals surface area contributed by atoms with E-state index in [0.717, 1.165) is 29.7 Å². The summed E-state index contributed by atoms with van der Waals surface area (Å²) in [6, 6.07) is 9.30. The highest BCUT2D eigenvalue weighted by Gasteiger charge is 2.21. The van der Waals surface area contributed by atoms with Crippen molar-refractivity contribution in [3.05, 3.63) is 64.0 Å². The molecule has 2 nitrogen and oxygen atoms in total. The topological polar surface area (TPSA) is 23.5 Å². The van der Waals surface area contributed by atoms with Crippen LogP contribution in [-0.4, -0.2) is 18.7 Å². The number of halogens is 1. The minimum Gasteiger partial charge on any atom is -0.384 e. The van der Waals surface area contributed by atoms with E-state index in [2.05, 4.69) is 11.9 Å². The van der Waals surface area contributed by atoms with Crippen molar-refractivity contribution >= 4 is 5.69 Å². The van der Waals surface area contributed by atoms with Gasteiger partial charge in [-0.3, -0.25) is 0 Å². The minimum atomic E-state index is -0.915. The van der Waals surface area contributed by atoms with Gasteiger partial charge >= 0.3 is 0 Å². The molecule has 0 saturated carbocycles. The van der Waals surface area contributed by atoms with Crippen LogP contribution in [0.1, 0.15) is 33.9 Å². The quantitative estimate of drug-likeness (QED) is 0.912. The van der Waals surface area contributed by atoms with Crippen molar-refractivity contribution in [2.75, 3.05) is 18.5 Å². The lowest BCUT2D eigenvalue weighted by Crippen LogP contribution is -2.12. The van der Waals surface area contributed by atoms with E-state index in [0.29, 0.717) is 5.56 Å². The van der Waals surface area contributed by atoms with Crippen molar-refractivity contribution in [2.24, 2.45) is 0 Å². The average Bonchev–Trinajstić information content (AvgIpc) is 2.78. The van der Waals surface area contributed by atoms with E-state index in [1.807, 2.05) is 38.1 Å². The fourth-order valence-corrected chi connectivity index (χ4v) is 3.20. The van der Waals surface area contributed by atoms with Crippen molar-refractivity contribution in [1.82, 2.24) is 0 Å². The predicted octanol–water partition coefficient (Wildman–Crippen LogP) is 3.52. The van der Waals surface area contributed by atoms with E-state index in [1.54, 1.807) is 0 Å². The normalized spacial score (nSPS) is 15.2. The molecule has 2 aromatic rings. The molecule has 2 aromatic carbocycles. The van der Waals surface area contributed by atoms with Crippen LogP contribution >= 0.6 is 0 Å². The first-order valence-electron chi connectivity index (χ1n) is 7.26. The third-order valence-corrected chi connectivity index (χ3v) is 4.30. The number of aliphatic hydroxyl groups excluding tert-OH is 1. The molecule has 0 saturated heterocycles. The first-order chi connectivity index (χ1) is 9.97. The van der Waals surface area contributed by atoms with Gasteiger partial charge in [-0.15, -0.1) is 0 Å². The molecule has 1 aliphatic heterocycles. The van der Waals surface area contributed by atoms with Gasteiger partial charge in [-0.05, 0) is 54.7 Å². The maximum absolute atomic E-state index is 14.2. The smallest absolute Gasteiger partial charge is 0.129 e. The number of benzene rings is 2. The molecule has 1 heterocycles. The summed E-state index contributed by atoms with van der Waals surface area (Å²) in [5, 5.41) is 10.6. The van der Waals surface area contributed by atoms with E-state index in [1.165, 1.54) is 17.3 Å². The zero-order valence-electron chi connectivity index (χ0n) is 12.7. The molecule has 1 aliphatic rings. The van der Waals surface area contributed by atoms with Gasteiger partial charge in [-0.25, -0.2) is 4.39 Å². The van der Waals surface area contributed by atoms with Crippen LogP contribution in [0.5, 0.6) is 0 Å². The molecule has 0 amide bonds. The molecular formula is C18H20FNO. The van der Waals surface area contributed by atoms with Gasteiger partial charge in [-0.2, -0.15) is 0 Å². The molecule has 21 heavy (non-hydrogen) atoms. The van der Waals surface area contributed by atoms with Crippen LogP contribution in [0.2, 0.25) is 0 Å². The van der Waals surface area contributed by atoms with Crippen molar-refractivity contribution < 1.29 is 9.50 Å². The highest BCUT2D eigenvalue weighted by Crippen LogP contribution is 2.33. The van der Waals surface area contributed by atoms with Crippen molar-refractivity contribution in [3.8, 4) is 0 Å². The predicted molar refractivity (Wildman–Crippen MR) is 83.4 cm³/mol. The van der Waals surface area contributed by atoms with E-state index in [4.69, 9.17) is 0 Å². The molecule has 110 valence electrons. The van der Waals surface area contributed by atoms with Crippen LogP contribution in [-0.2, 0) is 6.42 Å². The first kappa shape index (κ1) is 14.1. The Labute approximate surface area is 124 Å². The Kier molecular flexibility index (Phi) is 3.46. The molecule has 0 bridgehead atoms. The van der Waals surface area contributed by atoms with Crippen LogP contribution in [0.25, 0.3) is 0 Å². The van der Waals surface area contributed by atoms with Crippen LogP contribution in [0.3, 0.4) is 0 Å². The summed E-state index contributed by atoms with van der Waals surface area (Å²) in [6.45, 7) is 4.69. The third kappa shape index (κ3) is 2.42. The largest absolute Gasteiger partial charge is 0.384 e. The number of likely N-dealkylation sites (N-methyl/N-ethyl adjacent to an activating group) is 1. The number of rotatable bonds is 2. The standard InChI is InChI=1S/C18H20FNO/c1-11-8-12(2)17(15(19)9-11)18(21)14-4-5-16-13(10-14)6-7-20(16)3/h4-5,8-10,18,21H,6-7H2,1-3H3. The summed E-state index contributed by atoms with van der Waals surface area (Å²) in [5.74, 6) is -0.336. The zero-order valence-corrected chi connectivity index (χ0v) is 12.7. The number of hydrogen-bond donors (Lipinski definition) is 1. The Morgan fingerprint density at radius 3 is 2.67 bits per heavy atom. The summed E-state index contributed by atoms with van der Waals surface area (Å²) in [7, 11) is 2.06. The molecule has 0 aromatic heterocycles. The molecule has 1 unspecified atom stereocenters. The molecule has 0 radical (unpaired) electrons. The maximum atomic E-state index is 14.2. The summed E-state index contributed by atoms with van der Waals surface area (Å²) >= 11 is 0. The van der Waals surface area contributed by atoms with Crippen LogP contribution in [0, 0.1) is 19.7 Å². The van der Waals surface area contributed by atoms with Gasteiger partial charge < -0.3 is 10.0 Å². The summed E-state index contributed by atoms with van der Waals surface area (Å²) < 4.78 is 14.2. The van der Waals surface area contributed by atoms with Gasteiger partial charge in [-0.1, -0.05) is 18.2 Å². The summed E-state index contributed by atoms with van der Waals surface area (Å²) in [6.07, 6.45) is 0.0590. The first-order valence-corrected chi connectivity index (χ1v) is 7.26. The number of aliphatic hydroxyl groups is 1. The number of hydrogen-bond acceptors (Lipinski definition) is 2. The number of fused-ring (bicyclic) bond motifs is 1. The Morgan fingerprint density at radius 2 is 1.95 bits per heavy atom. The van der Waals surface area contributed by atoms with E-state index < -0.39 is 6.10 Å². The van der Waals surface area contributed by atoms with Gasteiger partial charge in [0, 0.05) is 24.8 Å².